The fraction of sp³-hybridized carbons (Fsp3) is 0.353. The van der Waals surface area contributed by atoms with Crippen LogP contribution in [0.3, 0.4) is 0 Å². The number of esters is 1. The predicted molar refractivity (Wildman–Crippen MR) is 170 cm³/mol. The molecule has 0 spiro atoms. The molecule has 0 heterocycles. The number of anilines is 1. The molecule has 10 heteroatoms. The van der Waals surface area contributed by atoms with Crippen LogP contribution >= 0.6 is 0 Å². The van der Waals surface area contributed by atoms with Crippen molar-refractivity contribution in [3.63, 3.8) is 0 Å². The van der Waals surface area contributed by atoms with Crippen molar-refractivity contribution in [3.05, 3.63) is 95.1 Å². The molecule has 3 N–H and O–H groups in total. The van der Waals surface area contributed by atoms with E-state index in [1.807, 2.05) is 45.8 Å². The van der Waals surface area contributed by atoms with E-state index in [0.717, 1.165) is 12.1 Å². The van der Waals surface area contributed by atoms with Gasteiger partial charge in [-0.1, -0.05) is 39.0 Å². The average Bonchev–Trinajstić information content (AvgIpc) is 2.98. The third kappa shape index (κ3) is 10.9. The number of carbonyl (C=O) groups is 4. The van der Waals surface area contributed by atoms with Crippen molar-refractivity contribution < 1.29 is 28.7 Å². The molecule has 0 radical (unpaired) electrons. The Morgan fingerprint density at radius 1 is 0.841 bits per heavy atom. The Morgan fingerprint density at radius 3 is 2.18 bits per heavy atom. The Kier molecular flexibility index (Phi) is 12.0. The Morgan fingerprint density at radius 2 is 1.52 bits per heavy atom. The fourth-order valence-electron chi connectivity index (χ4n) is 4.29. The molecule has 10 nitrogen and oxygen atoms in total. The number of benzene rings is 3. The highest BCUT2D eigenvalue weighted by Gasteiger charge is 2.27. The number of nitrogens with zero attached hydrogens (tertiary/aromatic N) is 1. The molecule has 0 aliphatic heterocycles. The van der Waals surface area contributed by atoms with Crippen molar-refractivity contribution in [2.24, 2.45) is 5.41 Å². The largest absolute Gasteiger partial charge is 0.492 e. The van der Waals surface area contributed by atoms with Crippen LogP contribution in [0.25, 0.3) is 0 Å². The summed E-state index contributed by atoms with van der Waals surface area (Å²) in [5.74, 6) is -0.910. The van der Waals surface area contributed by atoms with Crippen LogP contribution in [0.5, 0.6) is 5.75 Å². The fourth-order valence-corrected chi connectivity index (χ4v) is 4.29. The lowest BCUT2D eigenvalue weighted by atomic mass is 9.87. The normalized spacial score (nSPS) is 11.8. The van der Waals surface area contributed by atoms with Crippen molar-refractivity contribution in [3.8, 4) is 5.75 Å². The minimum absolute atomic E-state index is 0.212. The van der Waals surface area contributed by atoms with E-state index in [2.05, 4.69) is 16.0 Å². The van der Waals surface area contributed by atoms with Crippen molar-refractivity contribution in [2.45, 2.75) is 39.8 Å². The molecular weight excluding hydrogens is 560 g/mol. The van der Waals surface area contributed by atoms with Crippen LogP contribution in [-0.4, -0.2) is 69.0 Å². The molecule has 0 unspecified atom stereocenters. The molecule has 3 aromatic carbocycles. The Hall–Kier alpha value is -4.70. The average molecular weight is 603 g/mol. The van der Waals surface area contributed by atoms with Gasteiger partial charge in [0.05, 0.1) is 12.7 Å². The highest BCUT2D eigenvalue weighted by Crippen LogP contribution is 2.22. The van der Waals surface area contributed by atoms with E-state index in [-0.39, 0.29) is 17.9 Å². The summed E-state index contributed by atoms with van der Waals surface area (Å²) in [6.45, 7) is 7.49. The van der Waals surface area contributed by atoms with Gasteiger partial charge >= 0.3 is 5.97 Å². The second-order valence-electron chi connectivity index (χ2n) is 11.9. The number of amides is 3. The monoisotopic (exact) mass is 602 g/mol. The summed E-state index contributed by atoms with van der Waals surface area (Å²) in [6, 6.07) is 19.4. The first kappa shape index (κ1) is 33.8. The first-order valence-electron chi connectivity index (χ1n) is 14.4. The highest BCUT2D eigenvalue weighted by molar-refractivity contribution is 6.02. The number of ether oxygens (including phenoxy) is 2. The second kappa shape index (κ2) is 15.7. The van der Waals surface area contributed by atoms with E-state index in [1.165, 1.54) is 13.2 Å². The standard InChI is InChI=1S/C34H42N4O6/c1-34(2,3)21-29(32(41)36-27-12-8-11-26(20-27)33(42)43-6)37-31(40)25-10-7-9-23(19-25)22-35-30(39)24-13-15-28(16-14-24)44-18-17-38(4)5/h7-16,19-20,29H,17-18,21-22H2,1-6H3,(H,35,39)(H,36,41)(H,37,40)/t29-/m0/s1. The van der Waals surface area contributed by atoms with E-state index in [1.54, 1.807) is 60.7 Å². The van der Waals surface area contributed by atoms with Gasteiger partial charge in [-0.3, -0.25) is 14.4 Å². The molecule has 44 heavy (non-hydrogen) atoms. The van der Waals surface area contributed by atoms with Gasteiger partial charge in [0.2, 0.25) is 5.91 Å². The molecule has 0 aliphatic rings. The molecule has 0 saturated heterocycles. The summed E-state index contributed by atoms with van der Waals surface area (Å²) in [4.78, 5) is 53.2. The van der Waals surface area contributed by atoms with Gasteiger partial charge in [-0.15, -0.1) is 0 Å². The molecular formula is C34H42N4O6. The molecule has 1 atom stereocenters. The molecule has 0 aliphatic carbocycles. The zero-order valence-electron chi connectivity index (χ0n) is 26.2. The first-order valence-corrected chi connectivity index (χ1v) is 14.4. The Labute approximate surface area is 259 Å². The van der Waals surface area contributed by atoms with E-state index in [4.69, 9.17) is 9.47 Å². The van der Waals surface area contributed by atoms with Gasteiger partial charge in [0, 0.05) is 29.9 Å². The molecule has 0 saturated carbocycles. The lowest BCUT2D eigenvalue weighted by molar-refractivity contribution is -0.118. The summed E-state index contributed by atoms with van der Waals surface area (Å²) < 4.78 is 10.4. The Bertz CT molecular complexity index is 1450. The number of hydrogen-bond acceptors (Lipinski definition) is 7. The van der Waals surface area contributed by atoms with Gasteiger partial charge in [0.25, 0.3) is 11.8 Å². The third-order valence-electron chi connectivity index (χ3n) is 6.56. The molecule has 3 rings (SSSR count). The summed E-state index contributed by atoms with van der Waals surface area (Å²) in [5.41, 5.74) is 2.02. The summed E-state index contributed by atoms with van der Waals surface area (Å²) >= 11 is 0. The predicted octanol–water partition coefficient (Wildman–Crippen LogP) is 4.52. The zero-order valence-corrected chi connectivity index (χ0v) is 26.2. The van der Waals surface area contributed by atoms with Gasteiger partial charge in [0.1, 0.15) is 18.4 Å². The Balaban J connectivity index is 1.63. The minimum Gasteiger partial charge on any atom is -0.492 e. The van der Waals surface area contributed by atoms with E-state index in [9.17, 15) is 19.2 Å². The lowest BCUT2D eigenvalue weighted by Crippen LogP contribution is -2.45. The summed E-state index contributed by atoms with van der Waals surface area (Å²) in [6.07, 6.45) is 0.372. The van der Waals surface area contributed by atoms with Gasteiger partial charge < -0.3 is 30.3 Å². The molecule has 0 bridgehead atoms. The second-order valence-corrected chi connectivity index (χ2v) is 11.9. The van der Waals surface area contributed by atoms with Crippen LogP contribution in [0.2, 0.25) is 0 Å². The molecule has 234 valence electrons. The van der Waals surface area contributed by atoms with E-state index in [0.29, 0.717) is 41.2 Å². The van der Waals surface area contributed by atoms with Crippen LogP contribution in [-0.2, 0) is 16.1 Å². The zero-order chi connectivity index (χ0) is 32.3. The maximum Gasteiger partial charge on any atom is 0.337 e. The third-order valence-corrected chi connectivity index (χ3v) is 6.56. The van der Waals surface area contributed by atoms with Crippen LogP contribution < -0.4 is 20.7 Å². The van der Waals surface area contributed by atoms with E-state index < -0.39 is 23.8 Å². The lowest BCUT2D eigenvalue weighted by Gasteiger charge is -2.26. The van der Waals surface area contributed by atoms with Crippen molar-refractivity contribution in [2.75, 3.05) is 39.7 Å². The molecule has 0 aromatic heterocycles. The molecule has 0 fully saturated rings. The van der Waals surface area contributed by atoms with E-state index >= 15 is 0 Å². The smallest absolute Gasteiger partial charge is 0.337 e. The van der Waals surface area contributed by atoms with Crippen molar-refractivity contribution in [1.29, 1.82) is 0 Å². The summed E-state index contributed by atoms with van der Waals surface area (Å²) in [7, 11) is 5.23. The maximum absolute atomic E-state index is 13.3. The minimum atomic E-state index is -0.845. The highest BCUT2D eigenvalue weighted by atomic mass is 16.5. The van der Waals surface area contributed by atoms with Crippen molar-refractivity contribution >= 4 is 29.4 Å². The summed E-state index contributed by atoms with van der Waals surface area (Å²) in [5, 5.41) is 8.54. The SMILES string of the molecule is COC(=O)c1cccc(NC(=O)[C@H](CC(C)(C)C)NC(=O)c2cccc(CNC(=O)c3ccc(OCCN(C)C)cc3)c2)c1. The van der Waals surface area contributed by atoms with Gasteiger partial charge in [-0.05, 0) is 86.1 Å². The quantitative estimate of drug-likeness (QED) is 0.246. The number of carbonyl (C=O) groups excluding carboxylic acids is 4. The van der Waals surface area contributed by atoms with Crippen LogP contribution in [0, 0.1) is 5.41 Å². The maximum atomic E-state index is 13.3. The number of hydrogen-bond donors (Lipinski definition) is 3. The van der Waals surface area contributed by atoms with Crippen LogP contribution in [0.1, 0.15) is 63.8 Å². The van der Waals surface area contributed by atoms with Crippen molar-refractivity contribution in [1.82, 2.24) is 15.5 Å². The first-order chi connectivity index (χ1) is 20.8. The number of likely N-dealkylation sites (N-methyl/N-ethyl adjacent to an activating group) is 1. The number of nitrogens with one attached hydrogen (secondary N) is 3. The molecule has 3 amide bonds. The molecule has 3 aromatic rings. The van der Waals surface area contributed by atoms with Gasteiger partial charge in [0.15, 0.2) is 0 Å². The van der Waals surface area contributed by atoms with Crippen LogP contribution in [0.15, 0.2) is 72.8 Å². The van der Waals surface area contributed by atoms with Crippen LogP contribution in [0.4, 0.5) is 5.69 Å². The van der Waals surface area contributed by atoms with Gasteiger partial charge in [-0.2, -0.15) is 0 Å². The number of rotatable bonds is 13. The topological polar surface area (TPSA) is 126 Å². The van der Waals surface area contributed by atoms with Gasteiger partial charge in [-0.25, -0.2) is 4.79 Å². The number of methoxy groups -OCH3 is 1.